The first-order valence-corrected chi connectivity index (χ1v) is 15.6. The minimum absolute atomic E-state index is 0.409. The Morgan fingerprint density at radius 1 is 0.872 bits per heavy atom. The van der Waals surface area contributed by atoms with Crippen LogP contribution in [-0.4, -0.2) is 91.4 Å². The van der Waals surface area contributed by atoms with Gasteiger partial charge in [-0.2, -0.15) is 4.98 Å². The van der Waals surface area contributed by atoms with E-state index >= 15 is 0 Å². The normalized spacial score (nSPS) is 20.4. The van der Waals surface area contributed by atoms with E-state index in [-0.39, 0.29) is 0 Å². The molecule has 216 valence electrons. The molecule has 39 heavy (non-hydrogen) atoms. The summed E-state index contributed by atoms with van der Waals surface area (Å²) in [5.41, 5.74) is 0.929. The summed E-state index contributed by atoms with van der Waals surface area (Å²) in [4.78, 5) is 17.7. The smallest absolute Gasteiger partial charge is 0.227 e. The van der Waals surface area contributed by atoms with Gasteiger partial charge < -0.3 is 29.5 Å². The number of aromatic nitrogens is 2. The van der Waals surface area contributed by atoms with Crippen LogP contribution in [0.15, 0.2) is 12.1 Å². The summed E-state index contributed by atoms with van der Waals surface area (Å²) in [5, 5.41) is 4.84. The van der Waals surface area contributed by atoms with Crippen LogP contribution in [0.1, 0.15) is 78.1 Å². The van der Waals surface area contributed by atoms with E-state index < -0.39 is 0 Å². The molecule has 4 heterocycles. The Kier molecular flexibility index (Phi) is 10.0. The van der Waals surface area contributed by atoms with Gasteiger partial charge in [0.15, 0.2) is 11.5 Å². The van der Waals surface area contributed by atoms with Crippen molar-refractivity contribution in [3.63, 3.8) is 0 Å². The second-order valence-electron chi connectivity index (χ2n) is 11.9. The fraction of sp³-hybridized carbons (Fsp3) is 0.742. The number of anilines is 2. The quantitative estimate of drug-likeness (QED) is 0.395. The third-order valence-corrected chi connectivity index (χ3v) is 8.78. The highest BCUT2D eigenvalue weighted by molar-refractivity contribution is 5.93. The summed E-state index contributed by atoms with van der Waals surface area (Å²) < 4.78 is 12.1. The summed E-state index contributed by atoms with van der Waals surface area (Å²) in [7, 11) is 1.73. The summed E-state index contributed by atoms with van der Waals surface area (Å²) in [6.45, 7) is 13.1. The molecule has 3 fully saturated rings. The molecular formula is C31H50N6O2. The number of hydrogen-bond donors (Lipinski definition) is 1. The zero-order chi connectivity index (χ0) is 27.0. The van der Waals surface area contributed by atoms with E-state index in [0.717, 1.165) is 86.2 Å². The fourth-order valence-corrected chi connectivity index (χ4v) is 6.33. The highest BCUT2D eigenvalue weighted by Gasteiger charge is 2.24. The first-order chi connectivity index (χ1) is 19.1. The molecule has 8 nitrogen and oxygen atoms in total. The van der Waals surface area contributed by atoms with Crippen molar-refractivity contribution in [3.8, 4) is 11.5 Å². The standard InChI is InChI=1S/C31H50N6O2/c1-24(2)36-19-12-25(13-20-36)32-30-26-22-28(38-3)29(39-21-11-16-35-14-7-6-8-15-35)23-27(26)33-31(34-30)37-17-9-4-5-10-18-37/h22-25H,4-21H2,1-3H3,(H,32,33,34). The lowest BCUT2D eigenvalue weighted by Gasteiger charge is -2.35. The number of benzene rings is 1. The number of fused-ring (bicyclic) bond motifs is 1. The molecule has 5 rings (SSSR count). The van der Waals surface area contributed by atoms with Gasteiger partial charge in [-0.05, 0) is 77.9 Å². The van der Waals surface area contributed by atoms with E-state index in [1.807, 2.05) is 0 Å². The molecule has 0 bridgehead atoms. The molecular weight excluding hydrogens is 488 g/mol. The van der Waals surface area contributed by atoms with Crippen LogP contribution >= 0.6 is 0 Å². The molecule has 0 atom stereocenters. The number of nitrogens with zero attached hydrogens (tertiary/aromatic N) is 5. The lowest BCUT2D eigenvalue weighted by atomic mass is 10.0. The van der Waals surface area contributed by atoms with Gasteiger partial charge in [-0.3, -0.25) is 0 Å². The molecule has 1 aromatic carbocycles. The summed E-state index contributed by atoms with van der Waals surface area (Å²) in [6.07, 6.45) is 12.3. The van der Waals surface area contributed by atoms with Gasteiger partial charge in [-0.1, -0.05) is 19.3 Å². The minimum Gasteiger partial charge on any atom is -0.493 e. The predicted molar refractivity (Wildman–Crippen MR) is 161 cm³/mol. The van der Waals surface area contributed by atoms with Crippen LogP contribution in [-0.2, 0) is 0 Å². The van der Waals surface area contributed by atoms with Crippen molar-refractivity contribution in [2.75, 3.05) is 69.7 Å². The van der Waals surface area contributed by atoms with Gasteiger partial charge in [0.05, 0.1) is 19.2 Å². The molecule has 0 amide bonds. The second-order valence-corrected chi connectivity index (χ2v) is 11.9. The molecule has 0 saturated carbocycles. The van der Waals surface area contributed by atoms with Crippen LogP contribution in [0.4, 0.5) is 11.8 Å². The van der Waals surface area contributed by atoms with Crippen LogP contribution in [0.25, 0.3) is 10.9 Å². The van der Waals surface area contributed by atoms with E-state index in [9.17, 15) is 0 Å². The maximum absolute atomic E-state index is 6.30. The Morgan fingerprint density at radius 2 is 1.56 bits per heavy atom. The molecule has 1 N–H and O–H groups in total. The van der Waals surface area contributed by atoms with E-state index in [1.165, 1.54) is 58.0 Å². The van der Waals surface area contributed by atoms with Crippen LogP contribution < -0.4 is 19.7 Å². The molecule has 3 aliphatic rings. The van der Waals surface area contributed by atoms with Gasteiger partial charge >= 0.3 is 0 Å². The maximum Gasteiger partial charge on any atom is 0.227 e. The number of likely N-dealkylation sites (tertiary alicyclic amines) is 2. The van der Waals surface area contributed by atoms with Gasteiger partial charge in [0.1, 0.15) is 5.82 Å². The number of nitrogens with one attached hydrogen (secondary N) is 1. The third kappa shape index (κ3) is 7.46. The number of rotatable bonds is 10. The summed E-state index contributed by atoms with van der Waals surface area (Å²) in [6, 6.07) is 5.16. The molecule has 1 aromatic heterocycles. The number of methoxy groups -OCH3 is 1. The van der Waals surface area contributed by atoms with Gasteiger partial charge in [-0.15, -0.1) is 0 Å². The molecule has 0 aliphatic carbocycles. The average Bonchev–Trinajstić information content (AvgIpc) is 3.25. The van der Waals surface area contributed by atoms with Crippen molar-refractivity contribution < 1.29 is 9.47 Å². The van der Waals surface area contributed by atoms with E-state index in [4.69, 9.17) is 19.4 Å². The zero-order valence-corrected chi connectivity index (χ0v) is 24.6. The Hall–Kier alpha value is -2.32. The number of piperidine rings is 2. The predicted octanol–water partition coefficient (Wildman–Crippen LogP) is 5.56. The Morgan fingerprint density at radius 3 is 2.26 bits per heavy atom. The fourth-order valence-electron chi connectivity index (χ4n) is 6.33. The Balaban J connectivity index is 1.37. The molecule has 0 unspecified atom stereocenters. The Labute approximate surface area is 235 Å². The maximum atomic E-state index is 6.30. The summed E-state index contributed by atoms with van der Waals surface area (Å²) in [5.74, 6) is 3.30. The van der Waals surface area contributed by atoms with Crippen molar-refractivity contribution in [3.05, 3.63) is 12.1 Å². The van der Waals surface area contributed by atoms with Crippen molar-refractivity contribution in [1.29, 1.82) is 0 Å². The molecule has 3 aliphatic heterocycles. The topological polar surface area (TPSA) is 66.0 Å². The number of ether oxygens (including phenoxy) is 2. The first-order valence-electron chi connectivity index (χ1n) is 15.6. The van der Waals surface area contributed by atoms with Crippen LogP contribution in [0.2, 0.25) is 0 Å². The second kappa shape index (κ2) is 13.8. The largest absolute Gasteiger partial charge is 0.493 e. The van der Waals surface area contributed by atoms with Gasteiger partial charge in [0.2, 0.25) is 5.95 Å². The van der Waals surface area contributed by atoms with Crippen LogP contribution in [0.3, 0.4) is 0 Å². The van der Waals surface area contributed by atoms with Gasteiger partial charge in [0.25, 0.3) is 0 Å². The van der Waals surface area contributed by atoms with Crippen molar-refractivity contribution in [1.82, 2.24) is 19.8 Å². The molecule has 8 heteroatoms. The molecule has 0 spiro atoms. The average molecular weight is 539 g/mol. The lowest BCUT2D eigenvalue weighted by Crippen LogP contribution is -2.42. The highest BCUT2D eigenvalue weighted by atomic mass is 16.5. The highest BCUT2D eigenvalue weighted by Crippen LogP contribution is 2.36. The van der Waals surface area contributed by atoms with Crippen molar-refractivity contribution in [2.24, 2.45) is 0 Å². The van der Waals surface area contributed by atoms with E-state index in [0.29, 0.717) is 18.7 Å². The Bertz CT molecular complexity index is 1040. The van der Waals surface area contributed by atoms with Crippen molar-refractivity contribution in [2.45, 2.75) is 90.1 Å². The third-order valence-electron chi connectivity index (χ3n) is 8.78. The molecule has 3 saturated heterocycles. The van der Waals surface area contributed by atoms with Crippen LogP contribution in [0.5, 0.6) is 11.5 Å². The van der Waals surface area contributed by atoms with E-state index in [1.54, 1.807) is 7.11 Å². The van der Waals surface area contributed by atoms with Gasteiger partial charge in [0, 0.05) is 56.3 Å². The zero-order valence-electron chi connectivity index (χ0n) is 24.6. The van der Waals surface area contributed by atoms with Crippen LogP contribution in [0, 0.1) is 0 Å². The minimum atomic E-state index is 0.409. The lowest BCUT2D eigenvalue weighted by molar-refractivity contribution is 0.177. The van der Waals surface area contributed by atoms with E-state index in [2.05, 4.69) is 46.0 Å². The molecule has 2 aromatic rings. The number of hydrogen-bond acceptors (Lipinski definition) is 8. The monoisotopic (exact) mass is 538 g/mol. The summed E-state index contributed by atoms with van der Waals surface area (Å²) >= 11 is 0. The molecule has 0 radical (unpaired) electrons. The SMILES string of the molecule is COc1cc2c(NC3CCN(C(C)C)CC3)nc(N3CCCCCC3)nc2cc1OCCCN1CCCCC1. The first kappa shape index (κ1) is 28.2. The van der Waals surface area contributed by atoms with Crippen molar-refractivity contribution >= 4 is 22.7 Å². The van der Waals surface area contributed by atoms with Gasteiger partial charge in [-0.25, -0.2) is 4.98 Å².